The van der Waals surface area contributed by atoms with Gasteiger partial charge in [0.1, 0.15) is 0 Å². The largest absolute Gasteiger partial charge is 0.312 e. The van der Waals surface area contributed by atoms with Crippen molar-refractivity contribution in [2.45, 2.75) is 38.5 Å². The highest BCUT2D eigenvalue weighted by Gasteiger charge is 2.25. The van der Waals surface area contributed by atoms with Crippen molar-refractivity contribution in [2.75, 3.05) is 18.0 Å². The SMILES string of the molecule is CCC(=O)N1CCc2cc(S(=O)(=O)NCC(C)C)ccc21. The molecule has 1 N–H and O–H groups in total. The van der Waals surface area contributed by atoms with Gasteiger partial charge in [-0.1, -0.05) is 20.8 Å². The Bertz CT molecular complexity index is 638. The minimum Gasteiger partial charge on any atom is -0.312 e. The van der Waals surface area contributed by atoms with Gasteiger partial charge in [-0.15, -0.1) is 0 Å². The number of nitrogens with one attached hydrogen (secondary N) is 1. The van der Waals surface area contributed by atoms with E-state index in [1.54, 1.807) is 23.1 Å². The van der Waals surface area contributed by atoms with Crippen molar-refractivity contribution in [3.05, 3.63) is 23.8 Å². The van der Waals surface area contributed by atoms with E-state index in [-0.39, 0.29) is 16.7 Å². The lowest BCUT2D eigenvalue weighted by Crippen LogP contribution is -2.28. The number of benzene rings is 1. The van der Waals surface area contributed by atoms with Gasteiger partial charge in [0.2, 0.25) is 15.9 Å². The molecule has 1 aromatic carbocycles. The Morgan fingerprint density at radius 1 is 1.38 bits per heavy atom. The standard InChI is InChI=1S/C15H22N2O3S/c1-4-15(18)17-8-7-12-9-13(5-6-14(12)17)21(19,20)16-10-11(2)3/h5-6,9,11,16H,4,7-8,10H2,1-3H3. The summed E-state index contributed by atoms with van der Waals surface area (Å²) in [6.45, 7) is 6.79. The molecule has 0 aliphatic carbocycles. The van der Waals surface area contributed by atoms with Crippen LogP contribution in [0.3, 0.4) is 0 Å². The normalized spacial score (nSPS) is 14.6. The number of carbonyl (C=O) groups is 1. The molecular formula is C15H22N2O3S. The van der Waals surface area contributed by atoms with E-state index in [0.29, 0.717) is 25.9 Å². The van der Waals surface area contributed by atoms with Crippen molar-refractivity contribution >= 4 is 21.6 Å². The topological polar surface area (TPSA) is 66.5 Å². The first-order chi connectivity index (χ1) is 9.85. The molecule has 116 valence electrons. The Balaban J connectivity index is 2.25. The molecule has 1 heterocycles. The monoisotopic (exact) mass is 310 g/mol. The number of fused-ring (bicyclic) bond motifs is 1. The maximum Gasteiger partial charge on any atom is 0.240 e. The maximum atomic E-state index is 12.2. The van der Waals surface area contributed by atoms with Gasteiger partial charge < -0.3 is 4.90 Å². The molecule has 1 aromatic rings. The second-order valence-electron chi connectivity index (χ2n) is 5.69. The molecule has 0 bridgehead atoms. The van der Waals surface area contributed by atoms with Gasteiger partial charge in [0.05, 0.1) is 4.90 Å². The Morgan fingerprint density at radius 2 is 2.10 bits per heavy atom. The molecule has 6 heteroatoms. The highest BCUT2D eigenvalue weighted by atomic mass is 32.2. The van der Waals surface area contributed by atoms with E-state index in [1.807, 2.05) is 20.8 Å². The molecule has 2 rings (SSSR count). The fourth-order valence-corrected chi connectivity index (χ4v) is 3.62. The highest BCUT2D eigenvalue weighted by Crippen LogP contribution is 2.30. The third kappa shape index (κ3) is 3.44. The van der Waals surface area contributed by atoms with Gasteiger partial charge in [0.15, 0.2) is 0 Å². The lowest BCUT2D eigenvalue weighted by atomic mass is 10.2. The van der Waals surface area contributed by atoms with Crippen LogP contribution in [0.25, 0.3) is 0 Å². The molecule has 0 unspecified atom stereocenters. The predicted molar refractivity (Wildman–Crippen MR) is 82.8 cm³/mol. The Kier molecular flexibility index (Phi) is 4.68. The van der Waals surface area contributed by atoms with Crippen molar-refractivity contribution in [3.63, 3.8) is 0 Å². The van der Waals surface area contributed by atoms with Gasteiger partial charge in [-0.2, -0.15) is 0 Å². The van der Waals surface area contributed by atoms with Crippen LogP contribution in [0.15, 0.2) is 23.1 Å². The van der Waals surface area contributed by atoms with Crippen LogP contribution in [0, 0.1) is 5.92 Å². The minimum atomic E-state index is -3.47. The van der Waals surface area contributed by atoms with Crippen molar-refractivity contribution in [1.29, 1.82) is 0 Å². The Morgan fingerprint density at radius 3 is 2.71 bits per heavy atom. The lowest BCUT2D eigenvalue weighted by Gasteiger charge is -2.16. The molecule has 5 nitrogen and oxygen atoms in total. The highest BCUT2D eigenvalue weighted by molar-refractivity contribution is 7.89. The lowest BCUT2D eigenvalue weighted by molar-refractivity contribution is -0.118. The molecular weight excluding hydrogens is 288 g/mol. The van der Waals surface area contributed by atoms with Crippen LogP contribution >= 0.6 is 0 Å². The van der Waals surface area contributed by atoms with Gasteiger partial charge in [0, 0.05) is 25.2 Å². The summed E-state index contributed by atoms with van der Waals surface area (Å²) in [5.74, 6) is 0.328. The zero-order chi connectivity index (χ0) is 15.6. The Hall–Kier alpha value is -1.40. The number of rotatable bonds is 5. The maximum absolute atomic E-state index is 12.2. The van der Waals surface area contributed by atoms with Crippen molar-refractivity contribution in [2.24, 2.45) is 5.92 Å². The van der Waals surface area contributed by atoms with Gasteiger partial charge in [0.25, 0.3) is 0 Å². The van der Waals surface area contributed by atoms with Gasteiger partial charge >= 0.3 is 0 Å². The summed E-state index contributed by atoms with van der Waals surface area (Å²) in [6.07, 6.45) is 1.16. The number of amides is 1. The summed E-state index contributed by atoms with van der Waals surface area (Å²) in [6, 6.07) is 4.99. The van der Waals surface area contributed by atoms with Crippen molar-refractivity contribution in [1.82, 2.24) is 4.72 Å². The number of sulfonamides is 1. The third-order valence-corrected chi connectivity index (χ3v) is 4.96. The van der Waals surface area contributed by atoms with Gasteiger partial charge in [-0.05, 0) is 36.1 Å². The fourth-order valence-electron chi connectivity index (χ4n) is 2.35. The molecule has 0 spiro atoms. The van der Waals surface area contributed by atoms with Crippen LogP contribution in [0.5, 0.6) is 0 Å². The molecule has 1 amide bonds. The van der Waals surface area contributed by atoms with E-state index >= 15 is 0 Å². The summed E-state index contributed by atoms with van der Waals surface area (Å²) in [7, 11) is -3.47. The van der Waals surface area contributed by atoms with Crippen LogP contribution in [-0.4, -0.2) is 27.4 Å². The second kappa shape index (κ2) is 6.15. The van der Waals surface area contributed by atoms with Gasteiger partial charge in [-0.3, -0.25) is 4.79 Å². The number of hydrogen-bond acceptors (Lipinski definition) is 3. The number of anilines is 1. The quantitative estimate of drug-likeness (QED) is 0.903. The molecule has 1 aliphatic heterocycles. The van der Waals surface area contributed by atoms with E-state index in [9.17, 15) is 13.2 Å². The average molecular weight is 310 g/mol. The van der Waals surface area contributed by atoms with Crippen LogP contribution in [0.4, 0.5) is 5.69 Å². The smallest absolute Gasteiger partial charge is 0.240 e. The summed E-state index contributed by atoms with van der Waals surface area (Å²) >= 11 is 0. The molecule has 0 atom stereocenters. The van der Waals surface area contributed by atoms with E-state index in [1.165, 1.54) is 0 Å². The van der Waals surface area contributed by atoms with Crippen LogP contribution in [-0.2, 0) is 21.2 Å². The average Bonchev–Trinajstić information content (AvgIpc) is 2.87. The van der Waals surface area contributed by atoms with Crippen LogP contribution in [0.2, 0.25) is 0 Å². The molecule has 0 saturated heterocycles. The molecule has 0 saturated carbocycles. The molecule has 21 heavy (non-hydrogen) atoms. The van der Waals surface area contributed by atoms with E-state index in [2.05, 4.69) is 4.72 Å². The van der Waals surface area contributed by atoms with E-state index < -0.39 is 10.0 Å². The summed E-state index contributed by atoms with van der Waals surface area (Å²) < 4.78 is 27.0. The molecule has 0 fully saturated rings. The summed E-state index contributed by atoms with van der Waals surface area (Å²) in [5, 5.41) is 0. The van der Waals surface area contributed by atoms with Gasteiger partial charge in [-0.25, -0.2) is 13.1 Å². The second-order valence-corrected chi connectivity index (χ2v) is 7.45. The number of carbonyl (C=O) groups excluding carboxylic acids is 1. The summed E-state index contributed by atoms with van der Waals surface area (Å²) in [5.41, 5.74) is 1.76. The van der Waals surface area contributed by atoms with E-state index in [4.69, 9.17) is 0 Å². The summed E-state index contributed by atoms with van der Waals surface area (Å²) in [4.78, 5) is 13.8. The van der Waals surface area contributed by atoms with Crippen LogP contribution in [0.1, 0.15) is 32.8 Å². The zero-order valence-electron chi connectivity index (χ0n) is 12.7. The van der Waals surface area contributed by atoms with Crippen LogP contribution < -0.4 is 9.62 Å². The number of nitrogens with zero attached hydrogens (tertiary/aromatic N) is 1. The van der Waals surface area contributed by atoms with Crippen molar-refractivity contribution < 1.29 is 13.2 Å². The Labute approximate surface area is 126 Å². The molecule has 0 radical (unpaired) electrons. The zero-order valence-corrected chi connectivity index (χ0v) is 13.5. The first kappa shape index (κ1) is 16.0. The number of hydrogen-bond donors (Lipinski definition) is 1. The molecule has 0 aromatic heterocycles. The molecule has 1 aliphatic rings. The third-order valence-electron chi connectivity index (χ3n) is 3.54. The van der Waals surface area contributed by atoms with E-state index in [0.717, 1.165) is 11.3 Å². The fraction of sp³-hybridized carbons (Fsp3) is 0.533. The first-order valence-electron chi connectivity index (χ1n) is 7.28. The first-order valence-corrected chi connectivity index (χ1v) is 8.76. The predicted octanol–water partition coefficient (Wildman–Crippen LogP) is 1.92. The van der Waals surface area contributed by atoms with Crippen molar-refractivity contribution in [3.8, 4) is 0 Å². The minimum absolute atomic E-state index is 0.0716.